The lowest BCUT2D eigenvalue weighted by atomic mass is 10.2. The second-order valence-corrected chi connectivity index (χ2v) is 3.23. The maximum absolute atomic E-state index is 8.72. The third-order valence-corrected chi connectivity index (χ3v) is 2.25. The Kier molecular flexibility index (Phi) is 2.28. The molecule has 1 aromatic rings. The van der Waals surface area contributed by atoms with Gasteiger partial charge in [0.05, 0.1) is 11.6 Å². The lowest BCUT2D eigenvalue weighted by molar-refractivity contribution is 0.0884. The number of rotatable bonds is 1. The largest absolute Gasteiger partial charge is 0.486 e. The molecule has 14 heavy (non-hydrogen) atoms. The summed E-state index contributed by atoms with van der Waals surface area (Å²) in [6.45, 7) is 2.64. The summed E-state index contributed by atoms with van der Waals surface area (Å²) < 4.78 is 11.1. The third kappa shape index (κ3) is 1.51. The molecule has 3 heteroatoms. The van der Waals surface area contributed by atoms with Crippen LogP contribution in [-0.4, -0.2) is 12.7 Å². The van der Waals surface area contributed by atoms with Gasteiger partial charge in [-0.1, -0.05) is 6.92 Å². The van der Waals surface area contributed by atoms with E-state index >= 15 is 0 Å². The van der Waals surface area contributed by atoms with Crippen molar-refractivity contribution in [2.75, 3.05) is 6.61 Å². The van der Waals surface area contributed by atoms with Crippen LogP contribution in [0.2, 0.25) is 0 Å². The molecule has 0 unspecified atom stereocenters. The summed E-state index contributed by atoms with van der Waals surface area (Å²) in [6, 6.07) is 7.30. The Morgan fingerprint density at radius 2 is 2.36 bits per heavy atom. The van der Waals surface area contributed by atoms with Gasteiger partial charge in [0, 0.05) is 6.07 Å². The molecule has 3 nitrogen and oxygen atoms in total. The van der Waals surface area contributed by atoms with E-state index in [1.807, 2.05) is 6.92 Å². The predicted octanol–water partition coefficient (Wildman–Crippen LogP) is 2.11. The molecule has 0 fully saturated rings. The first kappa shape index (κ1) is 8.89. The minimum Gasteiger partial charge on any atom is -0.486 e. The van der Waals surface area contributed by atoms with Crippen LogP contribution in [0.4, 0.5) is 0 Å². The average Bonchev–Trinajstić information content (AvgIpc) is 2.27. The van der Waals surface area contributed by atoms with Gasteiger partial charge in [-0.3, -0.25) is 0 Å². The fraction of sp³-hybridized carbons (Fsp3) is 0.364. The smallest absolute Gasteiger partial charge is 0.163 e. The zero-order chi connectivity index (χ0) is 9.97. The van der Waals surface area contributed by atoms with Crippen molar-refractivity contribution in [2.24, 2.45) is 0 Å². The molecule has 1 aliphatic heterocycles. The minimum absolute atomic E-state index is 0.108. The minimum atomic E-state index is 0.108. The summed E-state index contributed by atoms with van der Waals surface area (Å²) in [7, 11) is 0. The van der Waals surface area contributed by atoms with Crippen molar-refractivity contribution in [1.82, 2.24) is 0 Å². The summed E-state index contributed by atoms with van der Waals surface area (Å²) >= 11 is 0. The van der Waals surface area contributed by atoms with Crippen molar-refractivity contribution >= 4 is 0 Å². The SMILES string of the molecule is CC[C@H]1COc2ccc(C#N)cc2O1. The standard InChI is InChI=1S/C11H11NO2/c1-2-9-7-13-10-4-3-8(6-12)5-11(10)14-9/h3-5,9H,2,7H2,1H3/t9-/m0/s1. The predicted molar refractivity (Wildman–Crippen MR) is 51.4 cm³/mol. The Labute approximate surface area is 82.9 Å². The Hall–Kier alpha value is -1.69. The number of benzene rings is 1. The summed E-state index contributed by atoms with van der Waals surface area (Å²) in [5.74, 6) is 1.41. The number of fused-ring (bicyclic) bond motifs is 1. The zero-order valence-electron chi connectivity index (χ0n) is 7.99. The normalized spacial score (nSPS) is 18.7. The van der Waals surface area contributed by atoms with Gasteiger partial charge >= 0.3 is 0 Å². The van der Waals surface area contributed by atoms with Crippen LogP contribution in [0, 0.1) is 11.3 Å². The van der Waals surface area contributed by atoms with E-state index in [2.05, 4.69) is 6.07 Å². The molecule has 1 aliphatic rings. The highest BCUT2D eigenvalue weighted by Gasteiger charge is 2.19. The van der Waals surface area contributed by atoms with Crippen molar-refractivity contribution in [3.63, 3.8) is 0 Å². The molecule has 0 saturated carbocycles. The summed E-state index contributed by atoms with van der Waals surface area (Å²) in [6.07, 6.45) is 1.02. The zero-order valence-corrected chi connectivity index (χ0v) is 7.99. The van der Waals surface area contributed by atoms with Gasteiger partial charge in [-0.15, -0.1) is 0 Å². The van der Waals surface area contributed by atoms with Crippen LogP contribution >= 0.6 is 0 Å². The molecule has 1 heterocycles. The molecule has 1 aromatic carbocycles. The summed E-state index contributed by atoms with van der Waals surface area (Å²) in [4.78, 5) is 0. The van der Waals surface area contributed by atoms with Crippen molar-refractivity contribution in [2.45, 2.75) is 19.4 Å². The first-order valence-electron chi connectivity index (χ1n) is 4.67. The maximum atomic E-state index is 8.72. The van der Waals surface area contributed by atoms with E-state index in [1.54, 1.807) is 18.2 Å². The molecule has 0 bridgehead atoms. The van der Waals surface area contributed by atoms with Crippen molar-refractivity contribution in [3.05, 3.63) is 23.8 Å². The summed E-state index contributed by atoms with van der Waals surface area (Å²) in [5.41, 5.74) is 0.601. The van der Waals surface area contributed by atoms with Gasteiger partial charge in [0.2, 0.25) is 0 Å². The highest BCUT2D eigenvalue weighted by molar-refractivity contribution is 5.47. The van der Waals surface area contributed by atoms with E-state index in [0.717, 1.165) is 12.2 Å². The monoisotopic (exact) mass is 189 g/mol. The molecule has 1 atom stereocenters. The van der Waals surface area contributed by atoms with Gasteiger partial charge in [0.1, 0.15) is 12.7 Å². The van der Waals surface area contributed by atoms with E-state index in [-0.39, 0.29) is 6.10 Å². The summed E-state index contributed by atoms with van der Waals surface area (Å²) in [5, 5.41) is 8.72. The Bertz CT molecular complexity index is 381. The van der Waals surface area contributed by atoms with Crippen LogP contribution in [0.5, 0.6) is 11.5 Å². The van der Waals surface area contributed by atoms with Crippen LogP contribution in [0.15, 0.2) is 18.2 Å². The van der Waals surface area contributed by atoms with E-state index in [4.69, 9.17) is 14.7 Å². The molecular weight excluding hydrogens is 178 g/mol. The Morgan fingerprint density at radius 1 is 1.50 bits per heavy atom. The van der Waals surface area contributed by atoms with Crippen LogP contribution in [-0.2, 0) is 0 Å². The molecule has 0 saturated heterocycles. The van der Waals surface area contributed by atoms with Crippen molar-refractivity contribution < 1.29 is 9.47 Å². The quantitative estimate of drug-likeness (QED) is 0.679. The van der Waals surface area contributed by atoms with E-state index in [9.17, 15) is 0 Å². The van der Waals surface area contributed by atoms with Gasteiger partial charge in [-0.05, 0) is 18.6 Å². The molecular formula is C11H11NO2. The first-order chi connectivity index (χ1) is 6.83. The second kappa shape index (κ2) is 3.59. The second-order valence-electron chi connectivity index (χ2n) is 3.23. The van der Waals surface area contributed by atoms with Crippen molar-refractivity contribution in [1.29, 1.82) is 5.26 Å². The lowest BCUT2D eigenvalue weighted by Gasteiger charge is -2.25. The van der Waals surface area contributed by atoms with E-state index in [1.165, 1.54) is 0 Å². The average molecular weight is 189 g/mol. The number of nitriles is 1. The molecule has 0 amide bonds. The Balaban J connectivity index is 2.31. The van der Waals surface area contributed by atoms with Gasteiger partial charge in [-0.25, -0.2) is 0 Å². The number of hydrogen-bond donors (Lipinski definition) is 0. The van der Waals surface area contributed by atoms with Gasteiger partial charge in [0.15, 0.2) is 11.5 Å². The molecule has 0 aliphatic carbocycles. The molecule has 0 N–H and O–H groups in total. The molecule has 0 radical (unpaired) electrons. The van der Waals surface area contributed by atoms with Crippen LogP contribution in [0.1, 0.15) is 18.9 Å². The van der Waals surface area contributed by atoms with E-state index in [0.29, 0.717) is 17.9 Å². The number of nitrogens with zero attached hydrogens (tertiary/aromatic N) is 1. The molecule has 2 rings (SSSR count). The highest BCUT2D eigenvalue weighted by atomic mass is 16.6. The van der Waals surface area contributed by atoms with Crippen molar-refractivity contribution in [3.8, 4) is 17.6 Å². The van der Waals surface area contributed by atoms with Gasteiger partial charge in [0.25, 0.3) is 0 Å². The van der Waals surface area contributed by atoms with Gasteiger partial charge < -0.3 is 9.47 Å². The van der Waals surface area contributed by atoms with Gasteiger partial charge in [-0.2, -0.15) is 5.26 Å². The number of hydrogen-bond acceptors (Lipinski definition) is 3. The van der Waals surface area contributed by atoms with E-state index < -0.39 is 0 Å². The fourth-order valence-electron chi connectivity index (χ4n) is 1.39. The molecule has 0 spiro atoms. The van der Waals surface area contributed by atoms with Crippen LogP contribution < -0.4 is 9.47 Å². The number of ether oxygens (including phenoxy) is 2. The lowest BCUT2D eigenvalue weighted by Crippen LogP contribution is -2.28. The van der Waals surface area contributed by atoms with Crippen LogP contribution in [0.3, 0.4) is 0 Å². The maximum Gasteiger partial charge on any atom is 0.163 e. The third-order valence-electron chi connectivity index (χ3n) is 2.25. The molecule has 72 valence electrons. The first-order valence-corrected chi connectivity index (χ1v) is 4.67. The molecule has 0 aromatic heterocycles. The highest BCUT2D eigenvalue weighted by Crippen LogP contribution is 2.32. The van der Waals surface area contributed by atoms with Crippen LogP contribution in [0.25, 0.3) is 0 Å². The Morgan fingerprint density at radius 3 is 3.07 bits per heavy atom. The fourth-order valence-corrected chi connectivity index (χ4v) is 1.39. The topological polar surface area (TPSA) is 42.2 Å².